The second-order valence-electron chi connectivity index (χ2n) is 5.27. The van der Waals surface area contributed by atoms with Crippen LogP contribution in [0.1, 0.15) is 25.7 Å². The Morgan fingerprint density at radius 3 is 2.67 bits per heavy atom. The van der Waals surface area contributed by atoms with E-state index < -0.39 is 0 Å². The number of anilines is 1. The van der Waals surface area contributed by atoms with Gasteiger partial charge in [0, 0.05) is 25.3 Å². The molecule has 2 atom stereocenters. The van der Waals surface area contributed by atoms with Crippen LogP contribution in [-0.2, 0) is 0 Å². The van der Waals surface area contributed by atoms with E-state index in [0.717, 1.165) is 18.2 Å². The maximum absolute atomic E-state index is 12.9. The van der Waals surface area contributed by atoms with Crippen LogP contribution in [0.3, 0.4) is 0 Å². The Bertz CT molecular complexity index is 363. The minimum Gasteiger partial charge on any atom is -0.375 e. The van der Waals surface area contributed by atoms with Gasteiger partial charge in [-0.05, 0) is 56.5 Å². The third kappa shape index (κ3) is 3.22. The highest BCUT2D eigenvalue weighted by atomic mass is 19.1. The van der Waals surface area contributed by atoms with Crippen molar-refractivity contribution in [1.82, 2.24) is 5.32 Å². The van der Waals surface area contributed by atoms with Crippen LogP contribution in [0.4, 0.5) is 10.1 Å². The SMILES string of the molecule is CNC1CCCC1CCN(C)c1ccc(F)cc1. The van der Waals surface area contributed by atoms with Gasteiger partial charge in [-0.15, -0.1) is 0 Å². The number of halogens is 1. The molecule has 1 aliphatic carbocycles. The zero-order valence-corrected chi connectivity index (χ0v) is 11.3. The van der Waals surface area contributed by atoms with Crippen molar-refractivity contribution in [2.75, 3.05) is 25.5 Å². The van der Waals surface area contributed by atoms with Crippen molar-refractivity contribution in [3.8, 4) is 0 Å². The van der Waals surface area contributed by atoms with Crippen LogP contribution in [0.15, 0.2) is 24.3 Å². The van der Waals surface area contributed by atoms with Gasteiger partial charge in [0.2, 0.25) is 0 Å². The van der Waals surface area contributed by atoms with Crippen molar-refractivity contribution >= 4 is 5.69 Å². The third-order valence-corrected chi connectivity index (χ3v) is 4.13. The molecule has 1 fully saturated rings. The molecule has 0 spiro atoms. The standard InChI is InChI=1S/C15H23FN2/c1-17-15-5-3-4-12(15)10-11-18(2)14-8-6-13(16)7-9-14/h6-9,12,15,17H,3-5,10-11H2,1-2H3. The van der Waals surface area contributed by atoms with Crippen molar-refractivity contribution in [2.24, 2.45) is 5.92 Å². The first-order valence-electron chi connectivity index (χ1n) is 6.84. The molecule has 1 aromatic rings. The van der Waals surface area contributed by atoms with Gasteiger partial charge in [-0.25, -0.2) is 4.39 Å². The predicted molar refractivity (Wildman–Crippen MR) is 74.5 cm³/mol. The molecule has 3 heteroatoms. The van der Waals surface area contributed by atoms with Gasteiger partial charge in [-0.2, -0.15) is 0 Å². The smallest absolute Gasteiger partial charge is 0.123 e. The molecule has 0 radical (unpaired) electrons. The van der Waals surface area contributed by atoms with Gasteiger partial charge < -0.3 is 10.2 Å². The van der Waals surface area contributed by atoms with Gasteiger partial charge in [0.25, 0.3) is 0 Å². The fourth-order valence-electron chi connectivity index (χ4n) is 2.95. The molecule has 1 aliphatic rings. The van der Waals surface area contributed by atoms with Crippen molar-refractivity contribution in [2.45, 2.75) is 31.7 Å². The van der Waals surface area contributed by atoms with Crippen molar-refractivity contribution in [1.29, 1.82) is 0 Å². The summed E-state index contributed by atoms with van der Waals surface area (Å²) in [7, 11) is 4.14. The van der Waals surface area contributed by atoms with Crippen LogP contribution in [0, 0.1) is 11.7 Å². The highest BCUT2D eigenvalue weighted by Gasteiger charge is 2.25. The highest BCUT2D eigenvalue weighted by Crippen LogP contribution is 2.28. The predicted octanol–water partition coefficient (Wildman–Crippen LogP) is 3.04. The number of hydrogen-bond acceptors (Lipinski definition) is 2. The Kier molecular flexibility index (Phi) is 4.59. The summed E-state index contributed by atoms with van der Waals surface area (Å²) in [4.78, 5) is 2.21. The number of rotatable bonds is 5. The summed E-state index contributed by atoms with van der Waals surface area (Å²) in [6.07, 6.45) is 5.19. The minimum atomic E-state index is -0.168. The molecule has 0 amide bonds. The van der Waals surface area contributed by atoms with Gasteiger partial charge in [0.15, 0.2) is 0 Å². The fourth-order valence-corrected chi connectivity index (χ4v) is 2.95. The number of hydrogen-bond donors (Lipinski definition) is 1. The first-order valence-corrected chi connectivity index (χ1v) is 6.84. The van der Waals surface area contributed by atoms with Gasteiger partial charge in [-0.1, -0.05) is 6.42 Å². The molecule has 0 bridgehead atoms. The minimum absolute atomic E-state index is 0.168. The Morgan fingerprint density at radius 1 is 1.28 bits per heavy atom. The second-order valence-corrected chi connectivity index (χ2v) is 5.27. The summed E-state index contributed by atoms with van der Waals surface area (Å²) >= 11 is 0. The Labute approximate surface area is 109 Å². The van der Waals surface area contributed by atoms with E-state index in [1.54, 1.807) is 0 Å². The van der Waals surface area contributed by atoms with Gasteiger partial charge >= 0.3 is 0 Å². The summed E-state index contributed by atoms with van der Waals surface area (Å²) in [6, 6.07) is 7.43. The summed E-state index contributed by atoms with van der Waals surface area (Å²) in [5.41, 5.74) is 1.09. The maximum Gasteiger partial charge on any atom is 0.123 e. The normalized spacial score (nSPS) is 23.3. The van der Waals surface area contributed by atoms with E-state index in [4.69, 9.17) is 0 Å². The summed E-state index contributed by atoms with van der Waals surface area (Å²) in [6.45, 7) is 1.04. The molecular weight excluding hydrogens is 227 g/mol. The zero-order chi connectivity index (χ0) is 13.0. The van der Waals surface area contributed by atoms with Crippen LogP contribution in [0.5, 0.6) is 0 Å². The van der Waals surface area contributed by atoms with E-state index in [-0.39, 0.29) is 5.82 Å². The van der Waals surface area contributed by atoms with E-state index in [0.29, 0.717) is 6.04 Å². The van der Waals surface area contributed by atoms with Crippen LogP contribution < -0.4 is 10.2 Å². The third-order valence-electron chi connectivity index (χ3n) is 4.13. The average molecular weight is 250 g/mol. The monoisotopic (exact) mass is 250 g/mol. The van der Waals surface area contributed by atoms with Gasteiger partial charge in [-0.3, -0.25) is 0 Å². The Morgan fingerprint density at radius 2 is 2.00 bits per heavy atom. The Hall–Kier alpha value is -1.09. The quantitative estimate of drug-likeness (QED) is 0.864. The average Bonchev–Trinajstić information content (AvgIpc) is 2.84. The van der Waals surface area contributed by atoms with Crippen molar-refractivity contribution in [3.63, 3.8) is 0 Å². The largest absolute Gasteiger partial charge is 0.375 e. The first kappa shape index (κ1) is 13.3. The molecule has 0 aliphatic heterocycles. The van der Waals surface area contributed by atoms with Crippen LogP contribution in [0.2, 0.25) is 0 Å². The number of nitrogens with one attached hydrogen (secondary N) is 1. The molecule has 0 saturated heterocycles. The maximum atomic E-state index is 12.9. The molecule has 18 heavy (non-hydrogen) atoms. The molecule has 1 aromatic carbocycles. The molecule has 2 nitrogen and oxygen atoms in total. The van der Waals surface area contributed by atoms with E-state index in [9.17, 15) is 4.39 Å². The highest BCUT2D eigenvalue weighted by molar-refractivity contribution is 5.45. The molecular formula is C15H23FN2. The fraction of sp³-hybridized carbons (Fsp3) is 0.600. The van der Waals surface area contributed by atoms with Crippen molar-refractivity contribution in [3.05, 3.63) is 30.1 Å². The lowest BCUT2D eigenvalue weighted by molar-refractivity contribution is 0.403. The number of benzene rings is 1. The molecule has 100 valence electrons. The molecule has 0 aromatic heterocycles. The van der Waals surface area contributed by atoms with Crippen molar-refractivity contribution < 1.29 is 4.39 Å². The zero-order valence-electron chi connectivity index (χ0n) is 11.3. The van der Waals surface area contributed by atoms with Crippen LogP contribution >= 0.6 is 0 Å². The van der Waals surface area contributed by atoms with Gasteiger partial charge in [0.05, 0.1) is 0 Å². The first-order chi connectivity index (χ1) is 8.70. The molecule has 1 saturated carbocycles. The van der Waals surface area contributed by atoms with E-state index in [2.05, 4.69) is 24.3 Å². The van der Waals surface area contributed by atoms with E-state index in [1.807, 2.05) is 12.1 Å². The molecule has 2 unspecified atom stereocenters. The number of nitrogens with zero attached hydrogens (tertiary/aromatic N) is 1. The van der Waals surface area contributed by atoms with Crippen LogP contribution in [-0.4, -0.2) is 26.7 Å². The van der Waals surface area contributed by atoms with Crippen LogP contribution in [0.25, 0.3) is 0 Å². The van der Waals surface area contributed by atoms with E-state index in [1.165, 1.54) is 37.8 Å². The molecule has 1 N–H and O–H groups in total. The lowest BCUT2D eigenvalue weighted by atomic mass is 9.99. The summed E-state index contributed by atoms with van der Waals surface area (Å²) in [5.74, 6) is 0.621. The topological polar surface area (TPSA) is 15.3 Å². The second kappa shape index (κ2) is 6.19. The summed E-state index contributed by atoms with van der Waals surface area (Å²) in [5, 5.41) is 3.42. The Balaban J connectivity index is 1.84. The summed E-state index contributed by atoms with van der Waals surface area (Å²) < 4.78 is 12.9. The van der Waals surface area contributed by atoms with E-state index >= 15 is 0 Å². The molecule has 0 heterocycles. The lowest BCUT2D eigenvalue weighted by Crippen LogP contribution is -2.31. The molecule has 2 rings (SSSR count). The lowest BCUT2D eigenvalue weighted by Gasteiger charge is -2.24. The van der Waals surface area contributed by atoms with Gasteiger partial charge in [0.1, 0.15) is 5.82 Å².